The maximum Gasteiger partial charge on any atom is 0.250 e. The zero-order valence-corrected chi connectivity index (χ0v) is 14.7. The number of amides is 1. The van der Waals surface area contributed by atoms with Crippen LogP contribution in [0, 0.1) is 17.5 Å². The van der Waals surface area contributed by atoms with E-state index in [1.165, 1.54) is 0 Å². The summed E-state index contributed by atoms with van der Waals surface area (Å²) in [6.07, 6.45) is 2.37. The molecule has 8 heteroatoms. The molecular formula is C19H19F3N4O. The monoisotopic (exact) mass is 376 g/mol. The average molecular weight is 376 g/mol. The standard InChI is InChI=1S/C19H19F3N4O/c1-23-10-14-17(3-5-25-19(14)27)26-12-2-4-24-13(9-12)6-11-7-15(20)18(22)16(21)8-11/h2,4,7-9,23H,3,5-6,10H2,1H3,(H,24,26)(H,25,27). The Morgan fingerprint density at radius 2 is 1.93 bits per heavy atom. The third-order valence-electron chi connectivity index (χ3n) is 4.19. The molecule has 3 N–H and O–H groups in total. The average Bonchev–Trinajstić information content (AvgIpc) is 2.63. The Morgan fingerprint density at radius 3 is 2.63 bits per heavy atom. The van der Waals surface area contributed by atoms with Crippen molar-refractivity contribution in [1.29, 1.82) is 0 Å². The Hall–Kier alpha value is -2.87. The largest absolute Gasteiger partial charge is 0.358 e. The molecule has 1 aliphatic heterocycles. The molecule has 0 bridgehead atoms. The summed E-state index contributed by atoms with van der Waals surface area (Å²) in [7, 11) is 1.76. The molecule has 0 unspecified atom stereocenters. The van der Waals surface area contributed by atoms with Gasteiger partial charge >= 0.3 is 0 Å². The predicted molar refractivity (Wildman–Crippen MR) is 95.6 cm³/mol. The molecule has 2 heterocycles. The Kier molecular flexibility index (Phi) is 5.75. The highest BCUT2D eigenvalue weighted by molar-refractivity contribution is 5.96. The highest BCUT2D eigenvalue weighted by atomic mass is 19.2. The van der Waals surface area contributed by atoms with Crippen LogP contribution in [0.3, 0.4) is 0 Å². The quantitative estimate of drug-likeness (QED) is 0.678. The van der Waals surface area contributed by atoms with E-state index in [1.54, 1.807) is 25.4 Å². The van der Waals surface area contributed by atoms with Crippen molar-refractivity contribution >= 4 is 11.6 Å². The number of hydrogen-bond acceptors (Lipinski definition) is 4. The molecule has 0 saturated carbocycles. The van der Waals surface area contributed by atoms with Crippen LogP contribution in [0.4, 0.5) is 18.9 Å². The van der Waals surface area contributed by atoms with E-state index in [-0.39, 0.29) is 17.9 Å². The molecule has 0 radical (unpaired) electrons. The van der Waals surface area contributed by atoms with Gasteiger partial charge in [-0.25, -0.2) is 13.2 Å². The van der Waals surface area contributed by atoms with E-state index in [4.69, 9.17) is 0 Å². The van der Waals surface area contributed by atoms with Crippen molar-refractivity contribution in [3.05, 3.63) is 70.4 Å². The van der Waals surface area contributed by atoms with Gasteiger partial charge in [0.1, 0.15) is 0 Å². The van der Waals surface area contributed by atoms with Crippen LogP contribution in [0.1, 0.15) is 17.7 Å². The van der Waals surface area contributed by atoms with Crippen molar-refractivity contribution in [2.24, 2.45) is 0 Å². The number of hydrogen-bond donors (Lipinski definition) is 3. The Bertz CT molecular complexity index is 875. The molecule has 1 aromatic carbocycles. The number of pyridine rings is 1. The number of rotatable bonds is 6. The summed E-state index contributed by atoms with van der Waals surface area (Å²) < 4.78 is 39.9. The minimum Gasteiger partial charge on any atom is -0.358 e. The van der Waals surface area contributed by atoms with Crippen LogP contribution in [-0.4, -0.2) is 31.0 Å². The van der Waals surface area contributed by atoms with Gasteiger partial charge in [0.25, 0.3) is 0 Å². The first-order chi connectivity index (χ1) is 13.0. The minimum absolute atomic E-state index is 0.121. The van der Waals surface area contributed by atoms with Crippen LogP contribution in [0.2, 0.25) is 0 Å². The van der Waals surface area contributed by atoms with Gasteiger partial charge in [0.2, 0.25) is 5.91 Å². The van der Waals surface area contributed by atoms with Crippen molar-refractivity contribution in [2.75, 3.05) is 25.5 Å². The summed E-state index contributed by atoms with van der Waals surface area (Å²) in [4.78, 5) is 16.2. The number of carbonyl (C=O) groups is 1. The molecule has 1 aromatic heterocycles. The maximum absolute atomic E-state index is 13.4. The summed E-state index contributed by atoms with van der Waals surface area (Å²) in [6, 6.07) is 5.39. The molecule has 1 aliphatic rings. The van der Waals surface area contributed by atoms with Gasteiger partial charge in [-0.05, 0) is 36.9 Å². The van der Waals surface area contributed by atoms with E-state index < -0.39 is 17.5 Å². The lowest BCUT2D eigenvalue weighted by atomic mass is 10.1. The van der Waals surface area contributed by atoms with Crippen molar-refractivity contribution in [3.63, 3.8) is 0 Å². The third-order valence-corrected chi connectivity index (χ3v) is 4.19. The smallest absolute Gasteiger partial charge is 0.250 e. The van der Waals surface area contributed by atoms with Gasteiger partial charge in [0.05, 0.1) is 0 Å². The van der Waals surface area contributed by atoms with Crippen molar-refractivity contribution in [1.82, 2.24) is 15.6 Å². The minimum atomic E-state index is -1.48. The molecule has 0 fully saturated rings. The topological polar surface area (TPSA) is 66.1 Å². The highest BCUT2D eigenvalue weighted by Gasteiger charge is 2.19. The maximum atomic E-state index is 13.4. The van der Waals surface area contributed by atoms with Crippen LogP contribution in [0.25, 0.3) is 0 Å². The summed E-state index contributed by atoms with van der Waals surface area (Å²) in [5.41, 5.74) is 2.99. The first-order valence-electron chi connectivity index (χ1n) is 8.48. The number of nitrogens with one attached hydrogen (secondary N) is 3. The van der Waals surface area contributed by atoms with Crippen molar-refractivity contribution < 1.29 is 18.0 Å². The summed E-state index contributed by atoms with van der Waals surface area (Å²) in [5, 5.41) is 9.01. The van der Waals surface area contributed by atoms with E-state index in [9.17, 15) is 18.0 Å². The lowest BCUT2D eigenvalue weighted by Crippen LogP contribution is -2.36. The first-order valence-corrected chi connectivity index (χ1v) is 8.48. The number of anilines is 1. The van der Waals surface area contributed by atoms with E-state index in [0.29, 0.717) is 36.5 Å². The molecule has 3 rings (SSSR count). The van der Waals surface area contributed by atoms with Gasteiger partial charge in [-0.1, -0.05) is 0 Å². The summed E-state index contributed by atoms with van der Waals surface area (Å²) in [6.45, 7) is 0.973. The summed E-state index contributed by atoms with van der Waals surface area (Å²) >= 11 is 0. The Balaban J connectivity index is 1.81. The number of aromatic nitrogens is 1. The molecule has 1 amide bonds. The number of benzene rings is 1. The fraction of sp³-hybridized carbons (Fsp3) is 0.263. The van der Waals surface area contributed by atoms with Crippen molar-refractivity contribution in [2.45, 2.75) is 12.8 Å². The van der Waals surface area contributed by atoms with Gasteiger partial charge in [0, 0.05) is 54.8 Å². The fourth-order valence-electron chi connectivity index (χ4n) is 2.94. The molecule has 142 valence electrons. The molecule has 0 saturated heterocycles. The van der Waals surface area contributed by atoms with Crippen LogP contribution in [0.5, 0.6) is 0 Å². The zero-order chi connectivity index (χ0) is 19.4. The normalized spacial score (nSPS) is 14.3. The second-order valence-corrected chi connectivity index (χ2v) is 6.20. The lowest BCUT2D eigenvalue weighted by molar-refractivity contribution is -0.117. The van der Waals surface area contributed by atoms with Gasteiger partial charge in [-0.3, -0.25) is 9.78 Å². The Labute approximate surface area is 154 Å². The lowest BCUT2D eigenvalue weighted by Gasteiger charge is -2.22. The van der Waals surface area contributed by atoms with Gasteiger partial charge in [-0.15, -0.1) is 0 Å². The molecular weight excluding hydrogens is 357 g/mol. The number of likely N-dealkylation sites (N-methyl/N-ethyl adjacent to an activating group) is 1. The fourth-order valence-corrected chi connectivity index (χ4v) is 2.94. The van der Waals surface area contributed by atoms with Crippen LogP contribution < -0.4 is 16.0 Å². The van der Waals surface area contributed by atoms with Crippen molar-refractivity contribution in [3.8, 4) is 0 Å². The molecule has 0 atom stereocenters. The van der Waals surface area contributed by atoms with E-state index in [1.807, 2.05) is 0 Å². The third kappa shape index (κ3) is 4.46. The van der Waals surface area contributed by atoms with Gasteiger partial charge < -0.3 is 16.0 Å². The van der Waals surface area contributed by atoms with E-state index >= 15 is 0 Å². The molecule has 0 spiro atoms. The highest BCUT2D eigenvalue weighted by Crippen LogP contribution is 2.20. The molecule has 2 aromatic rings. The van der Waals surface area contributed by atoms with Crippen LogP contribution in [0.15, 0.2) is 41.7 Å². The Morgan fingerprint density at radius 1 is 1.19 bits per heavy atom. The van der Waals surface area contributed by atoms with E-state index in [0.717, 1.165) is 17.8 Å². The van der Waals surface area contributed by atoms with Gasteiger partial charge in [0.15, 0.2) is 17.5 Å². The predicted octanol–water partition coefficient (Wildman–Crippen LogP) is 2.50. The number of carbonyl (C=O) groups excluding carboxylic acids is 1. The summed E-state index contributed by atoms with van der Waals surface area (Å²) in [5.74, 6) is -4.06. The second kappa shape index (κ2) is 8.22. The SMILES string of the molecule is CNCC1=C(Nc2ccnc(Cc3cc(F)c(F)c(F)c3)c2)CCNC1=O. The van der Waals surface area contributed by atoms with Crippen LogP contribution in [-0.2, 0) is 11.2 Å². The number of halogens is 3. The molecule has 27 heavy (non-hydrogen) atoms. The molecule has 5 nitrogen and oxygen atoms in total. The first kappa shape index (κ1) is 18.9. The molecule has 0 aliphatic carbocycles. The van der Waals surface area contributed by atoms with Gasteiger partial charge in [-0.2, -0.15) is 0 Å². The zero-order valence-electron chi connectivity index (χ0n) is 14.7. The van der Waals surface area contributed by atoms with Crippen LogP contribution >= 0.6 is 0 Å². The van der Waals surface area contributed by atoms with E-state index in [2.05, 4.69) is 20.9 Å². The number of nitrogens with zero attached hydrogens (tertiary/aromatic N) is 1. The second-order valence-electron chi connectivity index (χ2n) is 6.20.